The molecule has 0 aliphatic heterocycles. The number of amides is 1. The van der Waals surface area contributed by atoms with Gasteiger partial charge in [-0.3, -0.25) is 4.79 Å². The van der Waals surface area contributed by atoms with Crippen molar-refractivity contribution in [2.45, 2.75) is 58.5 Å². The number of carbonyl (C=O) groups is 1. The van der Waals surface area contributed by atoms with Gasteiger partial charge in [0.05, 0.1) is 12.2 Å². The molecule has 1 aliphatic carbocycles. The third kappa shape index (κ3) is 9.32. The summed E-state index contributed by atoms with van der Waals surface area (Å²) in [6.07, 6.45) is 3.03. The van der Waals surface area contributed by atoms with E-state index < -0.39 is 0 Å². The zero-order valence-electron chi connectivity index (χ0n) is 19.0. The number of carbonyl (C=O) groups excluding carboxylic acids is 1. The highest BCUT2D eigenvalue weighted by Crippen LogP contribution is 2.19. The van der Waals surface area contributed by atoms with Crippen LogP contribution >= 0.6 is 35.3 Å². The zero-order valence-corrected chi connectivity index (χ0v) is 22.2. The number of nitrogens with zero attached hydrogens (tertiary/aromatic N) is 2. The molecule has 0 saturated heterocycles. The maximum Gasteiger partial charge on any atom is 0.258 e. The van der Waals surface area contributed by atoms with Crippen LogP contribution in [0.4, 0.5) is 0 Å². The maximum atomic E-state index is 11.7. The van der Waals surface area contributed by atoms with Crippen LogP contribution < -0.4 is 20.7 Å². The number of benzene rings is 1. The van der Waals surface area contributed by atoms with Crippen molar-refractivity contribution in [1.82, 2.24) is 20.9 Å². The Morgan fingerprint density at radius 1 is 1.25 bits per heavy atom. The minimum atomic E-state index is -0.0517. The summed E-state index contributed by atoms with van der Waals surface area (Å²) in [4.78, 5) is 21.0. The van der Waals surface area contributed by atoms with Gasteiger partial charge in [-0.05, 0) is 49.8 Å². The molecule has 1 saturated carbocycles. The van der Waals surface area contributed by atoms with E-state index in [4.69, 9.17) is 4.74 Å². The quantitative estimate of drug-likeness (QED) is 0.217. The number of rotatable bonds is 11. The molecular weight excluding hydrogens is 537 g/mol. The molecule has 9 heteroatoms. The molecule has 1 aromatic carbocycles. The number of ether oxygens (including phenoxy) is 1. The van der Waals surface area contributed by atoms with Crippen LogP contribution in [0.1, 0.15) is 55.8 Å². The highest BCUT2D eigenvalue weighted by molar-refractivity contribution is 14.0. The number of aliphatic imine (C=N–C) groups is 1. The van der Waals surface area contributed by atoms with Crippen molar-refractivity contribution < 1.29 is 9.53 Å². The van der Waals surface area contributed by atoms with Crippen molar-refractivity contribution in [2.24, 2.45) is 4.99 Å². The molecule has 1 amide bonds. The Bertz CT molecular complexity index is 866. The first kappa shape index (κ1) is 26.4. The average Bonchev–Trinajstić information content (AvgIpc) is 3.43. The van der Waals surface area contributed by atoms with Gasteiger partial charge in [-0.1, -0.05) is 26.0 Å². The molecule has 0 bridgehead atoms. The summed E-state index contributed by atoms with van der Waals surface area (Å²) < 4.78 is 5.55. The molecule has 0 radical (unpaired) electrons. The summed E-state index contributed by atoms with van der Waals surface area (Å²) in [5.41, 5.74) is 2.32. The molecule has 32 heavy (non-hydrogen) atoms. The molecule has 0 spiro atoms. The molecule has 1 aliphatic rings. The van der Waals surface area contributed by atoms with Crippen molar-refractivity contribution in [3.05, 3.63) is 45.9 Å². The van der Waals surface area contributed by atoms with Crippen LogP contribution in [0.5, 0.6) is 5.75 Å². The Labute approximate surface area is 211 Å². The summed E-state index contributed by atoms with van der Waals surface area (Å²) in [5, 5.41) is 12.7. The average molecular weight is 572 g/mol. The van der Waals surface area contributed by atoms with Crippen LogP contribution in [0.15, 0.2) is 34.6 Å². The molecule has 0 unspecified atom stereocenters. The predicted molar refractivity (Wildman–Crippen MR) is 141 cm³/mol. The topological polar surface area (TPSA) is 87.6 Å². The SMILES string of the molecule is CCNC(=NCc1nc(C(C)C)cs1)NCCc1ccc(OCC(=O)NC2CC2)cc1.I. The van der Waals surface area contributed by atoms with Crippen LogP contribution in [-0.4, -0.2) is 42.6 Å². The van der Waals surface area contributed by atoms with Crippen molar-refractivity contribution in [1.29, 1.82) is 0 Å². The number of nitrogens with one attached hydrogen (secondary N) is 3. The molecule has 3 rings (SSSR count). The minimum absolute atomic E-state index is 0. The maximum absolute atomic E-state index is 11.7. The van der Waals surface area contributed by atoms with Crippen LogP contribution in [-0.2, 0) is 17.8 Å². The van der Waals surface area contributed by atoms with Gasteiger partial charge in [0, 0.05) is 24.5 Å². The third-order valence-electron chi connectivity index (χ3n) is 4.82. The molecule has 7 nitrogen and oxygen atoms in total. The van der Waals surface area contributed by atoms with Gasteiger partial charge in [-0.25, -0.2) is 9.98 Å². The summed E-state index contributed by atoms with van der Waals surface area (Å²) in [6.45, 7) is 8.58. The molecule has 176 valence electrons. The normalized spacial score (nSPS) is 13.4. The number of hydrogen-bond acceptors (Lipinski definition) is 5. The molecule has 1 aromatic heterocycles. The van der Waals surface area contributed by atoms with Crippen molar-refractivity contribution >= 4 is 47.2 Å². The van der Waals surface area contributed by atoms with E-state index in [0.717, 1.165) is 49.0 Å². The molecule has 3 N–H and O–H groups in total. The highest BCUT2D eigenvalue weighted by Gasteiger charge is 2.23. The highest BCUT2D eigenvalue weighted by atomic mass is 127. The third-order valence-corrected chi connectivity index (χ3v) is 5.67. The molecule has 1 heterocycles. The predicted octanol–water partition coefficient (Wildman–Crippen LogP) is 3.84. The lowest BCUT2D eigenvalue weighted by Gasteiger charge is -2.11. The van der Waals surface area contributed by atoms with Gasteiger partial charge in [0.15, 0.2) is 12.6 Å². The van der Waals surface area contributed by atoms with Crippen molar-refractivity contribution in [3.8, 4) is 5.75 Å². The fourth-order valence-corrected chi connectivity index (χ4v) is 3.75. The summed E-state index contributed by atoms with van der Waals surface area (Å²) in [6, 6.07) is 8.24. The van der Waals surface area contributed by atoms with E-state index in [1.54, 1.807) is 11.3 Å². The second-order valence-electron chi connectivity index (χ2n) is 7.97. The van der Waals surface area contributed by atoms with Crippen LogP contribution in [0.25, 0.3) is 0 Å². The number of hydrogen-bond donors (Lipinski definition) is 3. The van der Waals surface area contributed by atoms with Gasteiger partial charge in [-0.15, -0.1) is 35.3 Å². The fourth-order valence-electron chi connectivity index (χ4n) is 2.87. The smallest absolute Gasteiger partial charge is 0.258 e. The molecule has 1 fully saturated rings. The second kappa shape index (κ2) is 13.6. The largest absolute Gasteiger partial charge is 0.484 e. The van der Waals surface area contributed by atoms with Crippen LogP contribution in [0.2, 0.25) is 0 Å². The standard InChI is InChI=1S/C23H33N5O2S.HI/c1-4-24-23(26-13-22-28-20(15-31-22)16(2)3)25-12-11-17-5-9-19(10-6-17)30-14-21(29)27-18-7-8-18;/h5-6,9-10,15-16,18H,4,7-8,11-14H2,1-3H3,(H,27,29)(H2,24,25,26);1H. The van der Waals surface area contributed by atoms with E-state index >= 15 is 0 Å². The summed E-state index contributed by atoms with van der Waals surface area (Å²) in [5.74, 6) is 1.90. The lowest BCUT2D eigenvalue weighted by Crippen LogP contribution is -2.38. The van der Waals surface area contributed by atoms with Crippen molar-refractivity contribution in [3.63, 3.8) is 0 Å². The first-order chi connectivity index (χ1) is 15.0. The Morgan fingerprint density at radius 3 is 2.62 bits per heavy atom. The Morgan fingerprint density at radius 2 is 2.00 bits per heavy atom. The van der Waals surface area contributed by atoms with E-state index in [0.29, 0.717) is 24.3 Å². The van der Waals surface area contributed by atoms with E-state index in [-0.39, 0.29) is 36.5 Å². The van der Waals surface area contributed by atoms with Gasteiger partial charge < -0.3 is 20.7 Å². The lowest BCUT2D eigenvalue weighted by atomic mass is 10.1. The lowest BCUT2D eigenvalue weighted by molar-refractivity contribution is -0.123. The minimum Gasteiger partial charge on any atom is -0.484 e. The zero-order chi connectivity index (χ0) is 22.1. The van der Waals surface area contributed by atoms with Gasteiger partial charge in [0.1, 0.15) is 10.8 Å². The first-order valence-electron chi connectivity index (χ1n) is 11.0. The fraction of sp³-hybridized carbons (Fsp3) is 0.522. The second-order valence-corrected chi connectivity index (χ2v) is 8.91. The van der Waals surface area contributed by atoms with Gasteiger partial charge in [0.2, 0.25) is 0 Å². The van der Waals surface area contributed by atoms with E-state index in [2.05, 4.69) is 52.1 Å². The number of guanidine groups is 1. The van der Waals surface area contributed by atoms with Crippen molar-refractivity contribution in [2.75, 3.05) is 19.7 Å². The Hall–Kier alpha value is -1.88. The molecule has 0 atom stereocenters. The van der Waals surface area contributed by atoms with E-state index in [1.165, 1.54) is 5.56 Å². The Kier molecular flexibility index (Phi) is 11.2. The van der Waals surface area contributed by atoms with Crippen LogP contribution in [0.3, 0.4) is 0 Å². The van der Waals surface area contributed by atoms with Gasteiger partial charge in [-0.2, -0.15) is 0 Å². The summed E-state index contributed by atoms with van der Waals surface area (Å²) in [7, 11) is 0. The van der Waals surface area contributed by atoms with Gasteiger partial charge in [0.25, 0.3) is 5.91 Å². The first-order valence-corrected chi connectivity index (χ1v) is 11.9. The van der Waals surface area contributed by atoms with Crippen LogP contribution in [0, 0.1) is 0 Å². The molecular formula is C23H34IN5O2S. The molecule has 2 aromatic rings. The van der Waals surface area contributed by atoms with E-state index in [1.807, 2.05) is 24.3 Å². The number of thiazole rings is 1. The number of aromatic nitrogens is 1. The monoisotopic (exact) mass is 571 g/mol. The van der Waals surface area contributed by atoms with E-state index in [9.17, 15) is 4.79 Å². The summed E-state index contributed by atoms with van der Waals surface area (Å²) >= 11 is 1.66. The van der Waals surface area contributed by atoms with Gasteiger partial charge >= 0.3 is 0 Å². The Balaban J connectivity index is 0.00000363. The number of halogens is 1.